The Bertz CT molecular complexity index is 325. The van der Waals surface area contributed by atoms with Crippen molar-refractivity contribution >= 4 is 0 Å². The van der Waals surface area contributed by atoms with E-state index in [0.717, 1.165) is 5.56 Å². The van der Waals surface area contributed by atoms with Crippen LogP contribution in [0.3, 0.4) is 0 Å². The summed E-state index contributed by atoms with van der Waals surface area (Å²) in [5.74, 6) is -0.338. The Labute approximate surface area is 62.4 Å². The molecule has 5 heteroatoms. The Morgan fingerprint density at radius 1 is 1.55 bits per heavy atom. The topological polar surface area (TPSA) is 85.2 Å². The Morgan fingerprint density at radius 3 is 2.64 bits per heavy atom. The van der Waals surface area contributed by atoms with Crippen molar-refractivity contribution in [3.8, 4) is 5.75 Å². The molecule has 5 nitrogen and oxygen atoms in total. The summed E-state index contributed by atoms with van der Waals surface area (Å²) in [6, 6.07) is 1.33. The van der Waals surface area contributed by atoms with Gasteiger partial charge in [0.25, 0.3) is 0 Å². The summed E-state index contributed by atoms with van der Waals surface area (Å²) in [5, 5.41) is 29.3. The molecule has 2 N–H and O–H groups in total. The molecule has 0 aromatic carbocycles. The minimum atomic E-state index is -0.672. The van der Waals surface area contributed by atoms with Crippen LogP contribution in [0.1, 0.15) is 5.56 Å². The molecule has 11 heavy (non-hydrogen) atoms. The summed E-state index contributed by atoms with van der Waals surface area (Å²) in [5.41, 5.74) is 0.365. The molecule has 0 saturated heterocycles. The van der Waals surface area contributed by atoms with Gasteiger partial charge in [-0.05, 0) is 18.6 Å². The van der Waals surface area contributed by atoms with Gasteiger partial charge in [-0.3, -0.25) is 4.90 Å². The maximum atomic E-state index is 10.1. The van der Waals surface area contributed by atoms with E-state index >= 15 is 0 Å². The van der Waals surface area contributed by atoms with E-state index in [1.54, 1.807) is 6.92 Å². The second-order valence-corrected chi connectivity index (χ2v) is 2.17. The molecular formula is C6H7N2O3-. The molecule has 0 aliphatic carbocycles. The molecule has 1 heterocycles. The highest BCUT2D eigenvalue weighted by molar-refractivity contribution is 5.20. The predicted octanol–water partition coefficient (Wildman–Crippen LogP) is -0.203. The summed E-state index contributed by atoms with van der Waals surface area (Å²) in [6.45, 7) is 1.72. The summed E-state index contributed by atoms with van der Waals surface area (Å²) in [6.07, 6.45) is 1.46. The maximum Gasteiger partial charge on any atom is 0.323 e. The van der Waals surface area contributed by atoms with Crippen molar-refractivity contribution in [2.45, 2.75) is 6.92 Å². The van der Waals surface area contributed by atoms with Crippen LogP contribution in [0.25, 0.3) is 0 Å². The Hall–Kier alpha value is -1.65. The zero-order valence-electron chi connectivity index (χ0n) is 5.87. The monoisotopic (exact) mass is 155 g/mol. The molecule has 0 amide bonds. The van der Waals surface area contributed by atoms with Crippen LogP contribution >= 0.6 is 0 Å². The summed E-state index contributed by atoms with van der Waals surface area (Å²) >= 11 is 0. The van der Waals surface area contributed by atoms with Gasteiger partial charge in [-0.25, -0.2) is 4.98 Å². The zero-order chi connectivity index (χ0) is 8.43. The molecular weight excluding hydrogens is 148 g/mol. The van der Waals surface area contributed by atoms with E-state index in [4.69, 9.17) is 5.11 Å². The van der Waals surface area contributed by atoms with Crippen LogP contribution in [-0.2, 0) is 0 Å². The highest BCUT2D eigenvalue weighted by Gasteiger charge is 1.98. The van der Waals surface area contributed by atoms with Crippen molar-refractivity contribution < 1.29 is 5.11 Å². The van der Waals surface area contributed by atoms with Gasteiger partial charge >= 0.3 is 5.49 Å². The van der Waals surface area contributed by atoms with E-state index < -0.39 is 4.90 Å². The maximum absolute atomic E-state index is 10.1. The first-order chi connectivity index (χ1) is 5.11. The molecule has 1 rings (SSSR count). The smallest absolute Gasteiger partial charge is 0.323 e. The number of rotatable bonds is 0. The SMILES string of the molecule is Cc1c[nH]c(=[N+]([O-])[O-])c(O)c1. The number of aromatic nitrogens is 1. The molecule has 0 saturated carbocycles. The fourth-order valence-corrected chi connectivity index (χ4v) is 0.728. The van der Waals surface area contributed by atoms with Crippen molar-refractivity contribution in [3.05, 3.63) is 33.7 Å². The first-order valence-electron chi connectivity index (χ1n) is 2.97. The number of aryl methyl sites for hydroxylation is 1. The van der Waals surface area contributed by atoms with Gasteiger partial charge < -0.3 is 15.5 Å². The van der Waals surface area contributed by atoms with Crippen LogP contribution in [0.4, 0.5) is 0 Å². The van der Waals surface area contributed by atoms with Crippen LogP contribution in [0.2, 0.25) is 0 Å². The minimum absolute atomic E-state index is 0.338. The fourth-order valence-electron chi connectivity index (χ4n) is 0.728. The summed E-state index contributed by atoms with van der Waals surface area (Å²) in [7, 11) is 0. The van der Waals surface area contributed by atoms with Gasteiger partial charge in [-0.2, -0.15) is 0 Å². The van der Waals surface area contributed by atoms with Gasteiger partial charge in [0, 0.05) is 0 Å². The van der Waals surface area contributed by atoms with Crippen LogP contribution in [0.5, 0.6) is 5.75 Å². The molecule has 0 unspecified atom stereocenters. The quantitative estimate of drug-likeness (QED) is 0.508. The number of H-pyrrole nitrogens is 1. The lowest BCUT2D eigenvalue weighted by atomic mass is 10.3. The molecule has 0 radical (unpaired) electrons. The van der Waals surface area contributed by atoms with Crippen molar-refractivity contribution in [1.29, 1.82) is 0 Å². The number of aromatic hydroxyl groups is 1. The minimum Gasteiger partial charge on any atom is -0.712 e. The fraction of sp³-hybridized carbons (Fsp3) is 0.167. The van der Waals surface area contributed by atoms with Gasteiger partial charge in [0.2, 0.25) is 5.75 Å². The average molecular weight is 155 g/mol. The molecule has 1 aromatic heterocycles. The third kappa shape index (κ3) is 1.43. The van der Waals surface area contributed by atoms with Crippen molar-refractivity contribution in [2.24, 2.45) is 0 Å². The second-order valence-electron chi connectivity index (χ2n) is 2.17. The van der Waals surface area contributed by atoms with Crippen LogP contribution in [0, 0.1) is 17.3 Å². The van der Waals surface area contributed by atoms with E-state index in [2.05, 4.69) is 4.98 Å². The van der Waals surface area contributed by atoms with E-state index in [-0.39, 0.29) is 11.2 Å². The lowest BCUT2D eigenvalue weighted by molar-refractivity contribution is 0.459. The molecule has 0 aliphatic rings. The Morgan fingerprint density at radius 2 is 2.18 bits per heavy atom. The number of hydrogen-bond acceptors (Lipinski definition) is 3. The lowest BCUT2D eigenvalue weighted by Gasteiger charge is -2.09. The lowest BCUT2D eigenvalue weighted by Crippen LogP contribution is -2.21. The predicted molar refractivity (Wildman–Crippen MR) is 39.2 cm³/mol. The number of hydrogen-bond donors (Lipinski definition) is 2. The molecule has 60 valence electrons. The normalized spacial score (nSPS) is 9.55. The second kappa shape index (κ2) is 2.53. The average Bonchev–Trinajstić information content (AvgIpc) is 1.85. The highest BCUT2D eigenvalue weighted by Crippen LogP contribution is 2.00. The third-order valence-corrected chi connectivity index (χ3v) is 1.23. The molecule has 0 bridgehead atoms. The van der Waals surface area contributed by atoms with E-state index in [1.165, 1.54) is 12.3 Å². The van der Waals surface area contributed by atoms with Gasteiger partial charge in [-0.15, -0.1) is 0 Å². The Balaban J connectivity index is 3.44. The number of nitrogens with zero attached hydrogens (tertiary/aromatic N) is 1. The molecule has 0 fully saturated rings. The molecule has 1 aromatic rings. The van der Waals surface area contributed by atoms with Gasteiger partial charge in [0.15, 0.2) is 0 Å². The van der Waals surface area contributed by atoms with Crippen LogP contribution in [-0.4, -0.2) is 10.1 Å². The summed E-state index contributed by atoms with van der Waals surface area (Å²) < 4.78 is 0. The van der Waals surface area contributed by atoms with E-state index in [1.807, 2.05) is 0 Å². The van der Waals surface area contributed by atoms with Crippen molar-refractivity contribution in [1.82, 2.24) is 9.89 Å². The molecule has 0 aliphatic heterocycles. The standard InChI is InChI=1S/C6H7N2O3/c1-4-2-5(9)6(7-3-4)8(10)11/h2-3,7H,1H3,(H-,9,10,11)/q-1. The van der Waals surface area contributed by atoms with E-state index in [0.29, 0.717) is 0 Å². The third-order valence-electron chi connectivity index (χ3n) is 1.23. The van der Waals surface area contributed by atoms with Gasteiger partial charge in [0.1, 0.15) is 0 Å². The van der Waals surface area contributed by atoms with Crippen molar-refractivity contribution in [2.75, 3.05) is 0 Å². The van der Waals surface area contributed by atoms with Crippen LogP contribution in [0.15, 0.2) is 12.3 Å². The van der Waals surface area contributed by atoms with Crippen LogP contribution < -0.4 is 10.4 Å². The molecule has 0 spiro atoms. The largest absolute Gasteiger partial charge is 0.712 e. The summed E-state index contributed by atoms with van der Waals surface area (Å²) in [4.78, 5) is 1.68. The van der Waals surface area contributed by atoms with Gasteiger partial charge in [0.05, 0.1) is 6.20 Å². The molecule has 0 atom stereocenters. The Kier molecular flexibility index (Phi) is 1.72. The van der Waals surface area contributed by atoms with E-state index in [9.17, 15) is 10.4 Å². The van der Waals surface area contributed by atoms with Gasteiger partial charge in [-0.1, -0.05) is 0 Å². The number of nitrogens with one attached hydrogen (secondary N) is 1. The first-order valence-corrected chi connectivity index (χ1v) is 2.97. The zero-order valence-corrected chi connectivity index (χ0v) is 5.87. The first kappa shape index (κ1) is 7.46. The number of aromatic amines is 1. The number of pyridine rings is 1. The highest BCUT2D eigenvalue weighted by atomic mass is 16.8. The van der Waals surface area contributed by atoms with Crippen molar-refractivity contribution in [3.63, 3.8) is 0 Å².